The average molecular weight is 359 g/mol. The summed E-state index contributed by atoms with van der Waals surface area (Å²) in [5.74, 6) is 0. The van der Waals surface area contributed by atoms with Crippen molar-refractivity contribution < 1.29 is 4.57 Å². The molecule has 0 aliphatic rings. The topological polar surface area (TPSA) is 16.8 Å². The first-order valence-electron chi connectivity index (χ1n) is 9.63. The third kappa shape index (κ3) is 1.97. The fourth-order valence-electron chi connectivity index (χ4n) is 4.69. The zero-order valence-electron chi connectivity index (χ0n) is 15.9. The Hall–Kier alpha value is -3.52. The van der Waals surface area contributed by atoms with E-state index in [0.717, 1.165) is 5.52 Å². The molecule has 2 aromatic heterocycles. The lowest BCUT2D eigenvalue weighted by atomic mass is 9.89. The molecule has 2 heteroatoms. The van der Waals surface area contributed by atoms with Crippen LogP contribution in [0.3, 0.4) is 0 Å². The van der Waals surface area contributed by atoms with Crippen molar-refractivity contribution in [2.45, 2.75) is 6.92 Å². The van der Waals surface area contributed by atoms with Crippen LogP contribution in [0.1, 0.15) is 5.56 Å². The summed E-state index contributed by atoms with van der Waals surface area (Å²) in [6, 6.07) is 24.1. The number of benzene rings is 4. The number of pyridine rings is 2. The number of aryl methyl sites for hydroxylation is 2. The van der Waals surface area contributed by atoms with E-state index in [0.29, 0.717) is 0 Å². The van der Waals surface area contributed by atoms with E-state index >= 15 is 0 Å². The van der Waals surface area contributed by atoms with Crippen molar-refractivity contribution in [2.24, 2.45) is 7.05 Å². The number of hydrogen-bond donors (Lipinski definition) is 0. The average Bonchev–Trinajstić information content (AvgIpc) is 2.73. The Labute approximate surface area is 163 Å². The van der Waals surface area contributed by atoms with E-state index in [9.17, 15) is 0 Å². The molecule has 28 heavy (non-hydrogen) atoms. The highest BCUT2D eigenvalue weighted by Crippen LogP contribution is 2.41. The predicted octanol–water partition coefficient (Wildman–Crippen LogP) is 5.93. The van der Waals surface area contributed by atoms with Gasteiger partial charge in [-0.1, -0.05) is 30.3 Å². The zero-order chi connectivity index (χ0) is 18.8. The molecule has 0 atom stereocenters. The van der Waals surface area contributed by atoms with Gasteiger partial charge >= 0.3 is 0 Å². The third-order valence-electron chi connectivity index (χ3n) is 6.01. The molecule has 2 heterocycles. The van der Waals surface area contributed by atoms with Crippen LogP contribution in [-0.2, 0) is 7.05 Å². The summed E-state index contributed by atoms with van der Waals surface area (Å²) < 4.78 is 2.19. The lowest BCUT2D eigenvalue weighted by Gasteiger charge is -2.15. The van der Waals surface area contributed by atoms with Crippen molar-refractivity contribution in [3.63, 3.8) is 0 Å². The van der Waals surface area contributed by atoms with Crippen LogP contribution in [0.5, 0.6) is 0 Å². The molecule has 0 saturated carbocycles. The smallest absolute Gasteiger partial charge is 0.212 e. The molecule has 0 aliphatic carbocycles. The van der Waals surface area contributed by atoms with Crippen molar-refractivity contribution in [1.82, 2.24) is 4.98 Å². The van der Waals surface area contributed by atoms with Crippen molar-refractivity contribution >= 4 is 43.2 Å². The minimum Gasteiger partial charge on any atom is -0.256 e. The van der Waals surface area contributed by atoms with Gasteiger partial charge in [0.05, 0.1) is 5.52 Å². The molecule has 6 rings (SSSR count). The Bertz CT molecular complexity index is 1530. The Morgan fingerprint density at radius 3 is 2.39 bits per heavy atom. The molecule has 0 saturated heterocycles. The SMILES string of the molecule is Cc1cc2c(cc1-c1cccc[n+]1C)c1cccc3ncc4cccc2c4c31. The number of hydrogen-bond acceptors (Lipinski definition) is 1. The van der Waals surface area contributed by atoms with Gasteiger partial charge in [-0.3, -0.25) is 4.98 Å². The minimum absolute atomic E-state index is 1.07. The Kier molecular flexibility index (Phi) is 3.05. The first kappa shape index (κ1) is 15.5. The summed E-state index contributed by atoms with van der Waals surface area (Å²) in [6.45, 7) is 2.21. The van der Waals surface area contributed by atoms with Crippen LogP contribution >= 0.6 is 0 Å². The summed E-state index contributed by atoms with van der Waals surface area (Å²) in [4.78, 5) is 4.73. The number of fused-ring (bicyclic) bond motifs is 3. The molecule has 0 aliphatic heterocycles. The highest BCUT2D eigenvalue weighted by Gasteiger charge is 2.17. The molecule has 132 valence electrons. The first-order valence-corrected chi connectivity index (χ1v) is 9.63. The molecule has 0 N–H and O–H groups in total. The summed E-state index contributed by atoms with van der Waals surface area (Å²) in [6.07, 6.45) is 4.11. The molecular formula is C26H19N2+. The van der Waals surface area contributed by atoms with E-state index < -0.39 is 0 Å². The van der Waals surface area contributed by atoms with Gasteiger partial charge in [0.15, 0.2) is 6.20 Å². The van der Waals surface area contributed by atoms with E-state index in [1.165, 1.54) is 54.5 Å². The summed E-state index contributed by atoms with van der Waals surface area (Å²) in [5.41, 5.74) is 4.86. The molecule has 0 amide bonds. The van der Waals surface area contributed by atoms with Gasteiger partial charge in [-0.05, 0) is 58.3 Å². The molecule has 2 nitrogen and oxygen atoms in total. The van der Waals surface area contributed by atoms with Gasteiger partial charge in [-0.2, -0.15) is 0 Å². The van der Waals surface area contributed by atoms with Gasteiger partial charge in [-0.15, -0.1) is 0 Å². The van der Waals surface area contributed by atoms with Crippen LogP contribution < -0.4 is 4.57 Å². The van der Waals surface area contributed by atoms with Crippen LogP contribution in [0.15, 0.2) is 79.1 Å². The quantitative estimate of drug-likeness (QED) is 0.202. The second-order valence-electron chi connectivity index (χ2n) is 7.64. The van der Waals surface area contributed by atoms with E-state index in [-0.39, 0.29) is 0 Å². The summed E-state index contributed by atoms with van der Waals surface area (Å²) in [5, 5.41) is 9.01. The van der Waals surface area contributed by atoms with Crippen LogP contribution in [-0.4, -0.2) is 4.98 Å². The standard InChI is InChI=1S/C26H19N2/c1-16-13-21-18-8-5-7-17-15-27-23-10-6-9-19(26(23)25(17)18)22(21)14-20(16)24-11-3-4-12-28(24)2/h3-15H,1-2H3/q+1. The van der Waals surface area contributed by atoms with Gasteiger partial charge in [0.2, 0.25) is 5.69 Å². The van der Waals surface area contributed by atoms with Gasteiger partial charge in [0.1, 0.15) is 7.05 Å². The van der Waals surface area contributed by atoms with Gasteiger partial charge in [0.25, 0.3) is 0 Å². The lowest BCUT2D eigenvalue weighted by molar-refractivity contribution is -0.660. The van der Waals surface area contributed by atoms with Crippen molar-refractivity contribution in [3.05, 3.63) is 84.7 Å². The van der Waals surface area contributed by atoms with Crippen LogP contribution in [0.2, 0.25) is 0 Å². The van der Waals surface area contributed by atoms with Gasteiger partial charge in [0, 0.05) is 40.1 Å². The van der Waals surface area contributed by atoms with Crippen LogP contribution in [0, 0.1) is 6.92 Å². The number of nitrogens with zero attached hydrogens (tertiary/aromatic N) is 2. The minimum atomic E-state index is 1.07. The summed E-state index contributed by atoms with van der Waals surface area (Å²) >= 11 is 0. The van der Waals surface area contributed by atoms with Crippen LogP contribution in [0.25, 0.3) is 54.5 Å². The monoisotopic (exact) mass is 359 g/mol. The van der Waals surface area contributed by atoms with Crippen molar-refractivity contribution in [1.29, 1.82) is 0 Å². The summed E-state index contributed by atoms with van der Waals surface area (Å²) in [7, 11) is 2.11. The third-order valence-corrected chi connectivity index (χ3v) is 6.01. The van der Waals surface area contributed by atoms with E-state index in [2.05, 4.69) is 91.5 Å². The Balaban J connectivity index is 1.88. The first-order chi connectivity index (χ1) is 13.7. The highest BCUT2D eigenvalue weighted by atomic mass is 14.9. The zero-order valence-corrected chi connectivity index (χ0v) is 15.9. The van der Waals surface area contributed by atoms with Crippen molar-refractivity contribution in [2.75, 3.05) is 0 Å². The van der Waals surface area contributed by atoms with Crippen LogP contribution in [0.4, 0.5) is 0 Å². The largest absolute Gasteiger partial charge is 0.256 e. The maximum absolute atomic E-state index is 4.73. The van der Waals surface area contributed by atoms with E-state index in [1.54, 1.807) is 0 Å². The maximum Gasteiger partial charge on any atom is 0.212 e. The molecule has 6 aromatic rings. The lowest BCUT2D eigenvalue weighted by Crippen LogP contribution is -2.30. The van der Waals surface area contributed by atoms with Crippen molar-refractivity contribution in [3.8, 4) is 11.3 Å². The molecule has 0 radical (unpaired) electrons. The van der Waals surface area contributed by atoms with Gasteiger partial charge in [-0.25, -0.2) is 4.57 Å². The normalized spacial score (nSPS) is 11.9. The molecule has 4 aromatic carbocycles. The number of aromatic nitrogens is 2. The fraction of sp³-hybridized carbons (Fsp3) is 0.0769. The second kappa shape index (κ2) is 5.49. The molecule has 0 fully saturated rings. The fourth-order valence-corrected chi connectivity index (χ4v) is 4.69. The van der Waals surface area contributed by atoms with E-state index in [4.69, 9.17) is 4.98 Å². The Morgan fingerprint density at radius 1 is 0.750 bits per heavy atom. The predicted molar refractivity (Wildman–Crippen MR) is 117 cm³/mol. The second-order valence-corrected chi connectivity index (χ2v) is 7.64. The molecule has 0 unspecified atom stereocenters. The number of rotatable bonds is 1. The Morgan fingerprint density at radius 2 is 1.54 bits per heavy atom. The maximum atomic E-state index is 4.73. The van der Waals surface area contributed by atoms with E-state index in [1.807, 2.05) is 6.20 Å². The van der Waals surface area contributed by atoms with Gasteiger partial charge < -0.3 is 0 Å². The molecule has 0 bridgehead atoms. The molecule has 0 spiro atoms. The molecular weight excluding hydrogens is 340 g/mol. The highest BCUT2D eigenvalue weighted by molar-refractivity contribution is 6.33.